The number of allylic oxidation sites excluding steroid dienone is 1. The second kappa shape index (κ2) is 12.4. The number of amides is 2. The highest BCUT2D eigenvalue weighted by atomic mass is 16.8. The Hall–Kier alpha value is -2.87. The van der Waals surface area contributed by atoms with Crippen molar-refractivity contribution in [2.75, 3.05) is 26.5 Å². The lowest BCUT2D eigenvalue weighted by molar-refractivity contribution is -0.201. The third-order valence-electron chi connectivity index (χ3n) is 12.6. The molecule has 12 nitrogen and oxygen atoms in total. The van der Waals surface area contributed by atoms with Gasteiger partial charge in [0, 0.05) is 25.9 Å². The molecule has 4 aliphatic heterocycles. The van der Waals surface area contributed by atoms with Gasteiger partial charge in [-0.25, -0.2) is 0 Å². The number of benzene rings is 1. The molecule has 2 bridgehead atoms. The fourth-order valence-corrected chi connectivity index (χ4v) is 9.89. The molecule has 2 amide bonds. The second-order valence-corrected chi connectivity index (χ2v) is 16.0. The van der Waals surface area contributed by atoms with E-state index in [1.807, 2.05) is 0 Å². The Morgan fingerprint density at radius 3 is 2.61 bits per heavy atom. The monoisotopic (exact) mass is 679 g/mol. The molecule has 4 saturated heterocycles. The van der Waals surface area contributed by atoms with E-state index in [0.717, 1.165) is 30.4 Å². The van der Waals surface area contributed by atoms with Gasteiger partial charge in [-0.1, -0.05) is 49.8 Å². The summed E-state index contributed by atoms with van der Waals surface area (Å²) in [4.78, 5) is 46.3. The molecule has 3 saturated carbocycles. The maximum atomic E-state index is 14.0. The number of esters is 1. The maximum Gasteiger partial charge on any atom is 0.327 e. The van der Waals surface area contributed by atoms with E-state index >= 15 is 0 Å². The van der Waals surface area contributed by atoms with Gasteiger partial charge in [0.25, 0.3) is 0 Å². The van der Waals surface area contributed by atoms with Crippen molar-refractivity contribution in [2.24, 2.45) is 22.7 Å². The van der Waals surface area contributed by atoms with Gasteiger partial charge in [-0.3, -0.25) is 19.2 Å². The van der Waals surface area contributed by atoms with Crippen molar-refractivity contribution in [1.82, 2.24) is 15.7 Å². The lowest BCUT2D eigenvalue weighted by Crippen LogP contribution is -2.69. The van der Waals surface area contributed by atoms with E-state index in [9.17, 15) is 14.4 Å². The van der Waals surface area contributed by atoms with Crippen LogP contribution in [0.2, 0.25) is 0 Å². The number of fused-ring (bicyclic) bond motifs is 6. The van der Waals surface area contributed by atoms with E-state index in [1.54, 1.807) is 5.06 Å². The quantitative estimate of drug-likeness (QED) is 0.263. The van der Waals surface area contributed by atoms with Crippen LogP contribution in [0.4, 0.5) is 0 Å². The number of aliphatic hydroxyl groups excluding tert-OH is 1. The van der Waals surface area contributed by atoms with Crippen molar-refractivity contribution in [2.45, 2.75) is 114 Å². The molecule has 1 unspecified atom stereocenters. The van der Waals surface area contributed by atoms with E-state index in [-0.39, 0.29) is 63.3 Å². The van der Waals surface area contributed by atoms with Gasteiger partial charge in [0.2, 0.25) is 11.8 Å². The van der Waals surface area contributed by atoms with Gasteiger partial charge in [-0.15, -0.1) is 0 Å². The number of hydroxylamine groups is 2. The Morgan fingerprint density at radius 2 is 1.84 bits per heavy atom. The van der Waals surface area contributed by atoms with Crippen LogP contribution in [-0.2, 0) is 44.7 Å². The Kier molecular flexibility index (Phi) is 8.43. The number of rotatable bonds is 9. The average molecular weight is 680 g/mol. The van der Waals surface area contributed by atoms with Crippen molar-refractivity contribution in [3.8, 4) is 0 Å². The molecular weight excluding hydrogens is 630 g/mol. The largest absolute Gasteiger partial charge is 0.458 e. The van der Waals surface area contributed by atoms with Crippen molar-refractivity contribution in [3.05, 3.63) is 41.0 Å². The number of nitrogens with zero attached hydrogens (tertiary/aromatic N) is 1. The fourth-order valence-electron chi connectivity index (χ4n) is 9.89. The summed E-state index contributed by atoms with van der Waals surface area (Å²) in [6, 6.07) is 7.37. The number of hydrogen-bond acceptors (Lipinski definition) is 10. The molecule has 3 aliphatic carbocycles. The van der Waals surface area contributed by atoms with Crippen LogP contribution in [0.1, 0.15) is 76.8 Å². The first-order valence-corrected chi connectivity index (χ1v) is 18.0. The topological polar surface area (TPSA) is 148 Å². The summed E-state index contributed by atoms with van der Waals surface area (Å²) in [5.41, 5.74) is 2.75. The average Bonchev–Trinajstić information content (AvgIpc) is 3.37. The van der Waals surface area contributed by atoms with Crippen LogP contribution in [0, 0.1) is 22.7 Å². The highest BCUT2D eigenvalue weighted by molar-refractivity contribution is 5.93. The molecule has 10 atom stereocenters. The summed E-state index contributed by atoms with van der Waals surface area (Å²) in [5.74, 6) is 0.0948. The molecule has 0 spiro atoms. The third kappa shape index (κ3) is 5.72. The van der Waals surface area contributed by atoms with Gasteiger partial charge >= 0.3 is 5.97 Å². The van der Waals surface area contributed by atoms with E-state index in [4.69, 9.17) is 28.9 Å². The standard InChI is InChI=1S/C37H49N3O9/c1-35(2)17-24-23(8-9-27-36(3,48-27)12-10-25(24)35)16-21-4-6-22(7-5-21)19-40-31-33(43)47-26-18-37(31,32(49-40)30-29(26)45-20-46-30)34(44)39-13-11-28(42)38-14-15-41/h4-7,16,24-27,29-32,41H,8-15,17-20H2,1-3H3,(H,38,42)(H,39,44)/t24-,25-,26+,27?,29+,30+,31+,32-,36-,37+/m1/s1. The number of carbonyl (C=O) groups is 3. The van der Waals surface area contributed by atoms with Crippen LogP contribution in [0.25, 0.3) is 6.08 Å². The molecule has 1 aromatic rings. The number of hydrogen-bond donors (Lipinski definition) is 3. The maximum absolute atomic E-state index is 14.0. The van der Waals surface area contributed by atoms with E-state index < -0.39 is 41.8 Å². The SMILES string of the molecule is CC1(C)C[C@@H]2C(=Cc3ccc(CN4O[C@@H]5[C@H]6OCO[C@H]6[C@@H]6C[C@]5(C(=O)NCCC(=O)NCCO)[C@@H]4C(=O)O6)cc3)CCC3O[C@]3(C)CC[C@H]21. The molecule has 1 aromatic carbocycles. The predicted octanol–water partition coefficient (Wildman–Crippen LogP) is 2.62. The summed E-state index contributed by atoms with van der Waals surface area (Å²) in [7, 11) is 0. The minimum atomic E-state index is -1.27. The lowest BCUT2D eigenvalue weighted by atomic mass is 9.52. The molecule has 7 aliphatic rings. The molecule has 0 aromatic heterocycles. The minimum Gasteiger partial charge on any atom is -0.458 e. The molecule has 4 heterocycles. The lowest BCUT2D eigenvalue weighted by Gasteiger charge is -2.53. The van der Waals surface area contributed by atoms with Crippen LogP contribution >= 0.6 is 0 Å². The van der Waals surface area contributed by atoms with Gasteiger partial charge in [-0.05, 0) is 67.4 Å². The number of carbonyl (C=O) groups excluding carboxylic acids is 3. The van der Waals surface area contributed by atoms with E-state index in [1.165, 1.54) is 18.4 Å². The van der Waals surface area contributed by atoms with Crippen molar-refractivity contribution >= 4 is 23.9 Å². The molecule has 49 heavy (non-hydrogen) atoms. The Morgan fingerprint density at radius 1 is 1.04 bits per heavy atom. The Bertz CT molecular complexity index is 1510. The first kappa shape index (κ1) is 33.3. The number of ether oxygens (including phenoxy) is 4. The van der Waals surface area contributed by atoms with Crippen LogP contribution in [0.15, 0.2) is 29.8 Å². The van der Waals surface area contributed by atoms with Crippen LogP contribution < -0.4 is 10.6 Å². The zero-order valence-electron chi connectivity index (χ0n) is 28.7. The summed E-state index contributed by atoms with van der Waals surface area (Å²) in [6.45, 7) is 7.44. The summed E-state index contributed by atoms with van der Waals surface area (Å²) in [5, 5.41) is 16.0. The zero-order chi connectivity index (χ0) is 34.1. The summed E-state index contributed by atoms with van der Waals surface area (Å²) < 4.78 is 23.7. The molecule has 7 fully saturated rings. The molecular formula is C37H49N3O9. The Balaban J connectivity index is 1.00. The van der Waals surface area contributed by atoms with Crippen LogP contribution in [-0.4, -0.2) is 96.6 Å². The van der Waals surface area contributed by atoms with Gasteiger partial charge in [0.15, 0.2) is 6.04 Å². The van der Waals surface area contributed by atoms with Crippen LogP contribution in [0.3, 0.4) is 0 Å². The number of epoxide rings is 1. The molecule has 0 radical (unpaired) electrons. The number of nitrogens with one attached hydrogen (secondary N) is 2. The van der Waals surface area contributed by atoms with Gasteiger partial charge in [-0.2, -0.15) is 5.06 Å². The predicted molar refractivity (Wildman–Crippen MR) is 175 cm³/mol. The first-order chi connectivity index (χ1) is 23.5. The third-order valence-corrected chi connectivity index (χ3v) is 12.6. The van der Waals surface area contributed by atoms with Gasteiger partial charge in [0.05, 0.1) is 24.9 Å². The minimum absolute atomic E-state index is 0.0275. The van der Waals surface area contributed by atoms with Crippen molar-refractivity contribution in [1.29, 1.82) is 0 Å². The first-order valence-electron chi connectivity index (χ1n) is 18.0. The normalized spacial score (nSPS) is 40.8. The highest BCUT2D eigenvalue weighted by Gasteiger charge is 2.74. The zero-order valence-corrected chi connectivity index (χ0v) is 28.7. The smallest absolute Gasteiger partial charge is 0.327 e. The van der Waals surface area contributed by atoms with E-state index in [0.29, 0.717) is 23.4 Å². The van der Waals surface area contributed by atoms with Crippen LogP contribution in [0.5, 0.6) is 0 Å². The summed E-state index contributed by atoms with van der Waals surface area (Å²) in [6.07, 6.45) is 6.20. The molecule has 8 rings (SSSR count). The van der Waals surface area contributed by atoms with Crippen molar-refractivity contribution < 1.29 is 43.3 Å². The highest BCUT2D eigenvalue weighted by Crippen LogP contribution is 2.60. The molecule has 3 N–H and O–H groups in total. The number of aliphatic hydroxyl groups is 1. The fraction of sp³-hybridized carbons (Fsp3) is 0.703. The van der Waals surface area contributed by atoms with E-state index in [2.05, 4.69) is 61.7 Å². The summed E-state index contributed by atoms with van der Waals surface area (Å²) >= 11 is 0. The Labute approximate surface area is 287 Å². The van der Waals surface area contributed by atoms with Gasteiger partial charge < -0.3 is 34.7 Å². The van der Waals surface area contributed by atoms with Crippen molar-refractivity contribution in [3.63, 3.8) is 0 Å². The van der Waals surface area contributed by atoms with Gasteiger partial charge in [0.1, 0.15) is 36.6 Å². The molecule has 266 valence electrons. The molecule has 12 heteroatoms. The second-order valence-electron chi connectivity index (χ2n) is 16.0.